The summed E-state index contributed by atoms with van der Waals surface area (Å²) in [5.74, 6) is 0.643. The zero-order valence-electron chi connectivity index (χ0n) is 20.9. The Morgan fingerprint density at radius 2 is 1.78 bits per heavy atom. The number of hydrogen-bond donors (Lipinski definition) is 2. The first-order valence-corrected chi connectivity index (χ1v) is 13.5. The number of hydrogen-bond acceptors (Lipinski definition) is 5. The van der Waals surface area contributed by atoms with Crippen molar-refractivity contribution in [2.24, 2.45) is 11.7 Å². The van der Waals surface area contributed by atoms with Gasteiger partial charge in [-0.05, 0) is 67.5 Å². The smallest absolute Gasteiger partial charge is 0.382 e. The van der Waals surface area contributed by atoms with E-state index in [2.05, 4.69) is 47.2 Å². The van der Waals surface area contributed by atoms with Gasteiger partial charge in [-0.3, -0.25) is 0 Å². The van der Waals surface area contributed by atoms with E-state index in [-0.39, 0.29) is 18.4 Å². The van der Waals surface area contributed by atoms with E-state index < -0.39 is 11.7 Å². The van der Waals surface area contributed by atoms with Crippen LogP contribution >= 0.6 is 24.2 Å². The maximum atomic E-state index is 13.8. The van der Waals surface area contributed by atoms with Gasteiger partial charge < -0.3 is 20.9 Å². The standard InChI is InChI=1S/C27H35F3N4S.ClH/c1-17-5-11-34(18(17)2)22-4-3-19-13-23-24(32-21-6-9-33(10-7-21)12-8-31)14-20(27(28,29)30)15-26(23)35-25(19)16-22;/h3-4,14-18,21,32H,5-13,31H2,1-2H3;1H. The van der Waals surface area contributed by atoms with Crippen LogP contribution in [0.4, 0.5) is 24.5 Å². The molecule has 0 radical (unpaired) electrons. The molecule has 2 aromatic rings. The van der Waals surface area contributed by atoms with Gasteiger partial charge in [0.05, 0.1) is 5.56 Å². The summed E-state index contributed by atoms with van der Waals surface area (Å²) in [5.41, 5.74) is 9.08. The van der Waals surface area contributed by atoms with Crippen molar-refractivity contribution in [1.82, 2.24) is 4.90 Å². The first-order valence-electron chi connectivity index (χ1n) is 12.7. The second-order valence-electron chi connectivity index (χ2n) is 10.3. The summed E-state index contributed by atoms with van der Waals surface area (Å²) in [4.78, 5) is 6.54. The van der Waals surface area contributed by atoms with Crippen LogP contribution in [0.2, 0.25) is 0 Å². The molecule has 4 nitrogen and oxygen atoms in total. The molecule has 2 aromatic carbocycles. The van der Waals surface area contributed by atoms with Crippen LogP contribution in [-0.4, -0.2) is 49.7 Å². The minimum atomic E-state index is -4.38. The van der Waals surface area contributed by atoms with Gasteiger partial charge in [0, 0.05) is 72.4 Å². The molecule has 0 amide bonds. The second-order valence-corrected chi connectivity index (χ2v) is 11.4. The second kappa shape index (κ2) is 11.0. The third kappa shape index (κ3) is 5.62. The van der Waals surface area contributed by atoms with Gasteiger partial charge in [0.25, 0.3) is 0 Å². The lowest BCUT2D eigenvalue weighted by Gasteiger charge is -2.34. The van der Waals surface area contributed by atoms with Gasteiger partial charge >= 0.3 is 6.18 Å². The van der Waals surface area contributed by atoms with Crippen molar-refractivity contribution in [3.05, 3.63) is 47.0 Å². The molecule has 3 heterocycles. The fraction of sp³-hybridized carbons (Fsp3) is 0.556. The number of nitrogens with one attached hydrogen (secondary N) is 1. The van der Waals surface area contributed by atoms with Crippen LogP contribution in [-0.2, 0) is 12.6 Å². The Labute approximate surface area is 222 Å². The Kier molecular flexibility index (Phi) is 8.39. The summed E-state index contributed by atoms with van der Waals surface area (Å²) >= 11 is 1.48. The summed E-state index contributed by atoms with van der Waals surface area (Å²) in [6.45, 7) is 8.91. The summed E-state index contributed by atoms with van der Waals surface area (Å²) in [6.07, 6.45) is -0.741. The molecule has 3 aliphatic rings. The van der Waals surface area contributed by atoms with Crippen molar-refractivity contribution in [2.75, 3.05) is 42.9 Å². The largest absolute Gasteiger partial charge is 0.416 e. The molecule has 36 heavy (non-hydrogen) atoms. The van der Waals surface area contributed by atoms with Crippen LogP contribution in [0, 0.1) is 5.92 Å². The fourth-order valence-electron chi connectivity index (χ4n) is 5.65. The molecule has 5 rings (SSSR count). The highest BCUT2D eigenvalue weighted by molar-refractivity contribution is 7.99. The number of anilines is 2. The lowest BCUT2D eigenvalue weighted by atomic mass is 9.97. The molecule has 0 aromatic heterocycles. The van der Waals surface area contributed by atoms with E-state index in [1.807, 2.05) is 0 Å². The molecule has 0 bridgehead atoms. The van der Waals surface area contributed by atoms with E-state index >= 15 is 0 Å². The minimum absolute atomic E-state index is 0. The van der Waals surface area contributed by atoms with Crippen molar-refractivity contribution >= 4 is 35.5 Å². The topological polar surface area (TPSA) is 44.5 Å². The van der Waals surface area contributed by atoms with Crippen molar-refractivity contribution in [1.29, 1.82) is 0 Å². The maximum absolute atomic E-state index is 13.8. The molecule has 3 N–H and O–H groups in total. The molecule has 0 aliphatic carbocycles. The molecular weight excluding hydrogens is 505 g/mol. The number of piperidine rings is 1. The van der Waals surface area contributed by atoms with Gasteiger partial charge in [-0.1, -0.05) is 24.8 Å². The highest BCUT2D eigenvalue weighted by atomic mass is 35.5. The quantitative estimate of drug-likeness (QED) is 0.400. The predicted octanol–water partition coefficient (Wildman–Crippen LogP) is 6.25. The van der Waals surface area contributed by atoms with Crippen LogP contribution < -0.4 is 16.0 Å². The van der Waals surface area contributed by atoms with Crippen LogP contribution in [0.25, 0.3) is 0 Å². The van der Waals surface area contributed by atoms with Crippen LogP contribution in [0.1, 0.15) is 49.8 Å². The number of nitrogens with zero attached hydrogens (tertiary/aromatic N) is 2. The summed E-state index contributed by atoms with van der Waals surface area (Å²) in [5, 5.41) is 3.50. The Bertz CT molecular complexity index is 1070. The van der Waals surface area contributed by atoms with Gasteiger partial charge in [-0.2, -0.15) is 13.2 Å². The number of likely N-dealkylation sites (tertiary alicyclic amines) is 1. The highest BCUT2D eigenvalue weighted by Gasteiger charge is 2.34. The van der Waals surface area contributed by atoms with Crippen molar-refractivity contribution in [3.8, 4) is 0 Å². The SMILES string of the molecule is CC1CCN(c2ccc3c(c2)Sc2cc(C(F)(F)F)cc(NC4CCN(CCN)CC4)c2C3)C1C.Cl. The fourth-order valence-corrected chi connectivity index (χ4v) is 6.82. The Morgan fingerprint density at radius 3 is 2.42 bits per heavy atom. The molecule has 9 heteroatoms. The summed E-state index contributed by atoms with van der Waals surface area (Å²) in [6, 6.07) is 9.83. The molecule has 3 aliphatic heterocycles. The van der Waals surface area contributed by atoms with E-state index in [9.17, 15) is 13.2 Å². The van der Waals surface area contributed by atoms with Gasteiger partial charge in [-0.15, -0.1) is 12.4 Å². The average Bonchev–Trinajstić information content (AvgIpc) is 3.16. The van der Waals surface area contributed by atoms with Gasteiger partial charge in [0.15, 0.2) is 0 Å². The molecule has 2 saturated heterocycles. The van der Waals surface area contributed by atoms with Crippen LogP contribution in [0.3, 0.4) is 0 Å². The van der Waals surface area contributed by atoms with Gasteiger partial charge in [0.1, 0.15) is 0 Å². The lowest BCUT2D eigenvalue weighted by molar-refractivity contribution is -0.137. The van der Waals surface area contributed by atoms with E-state index in [1.165, 1.54) is 41.6 Å². The van der Waals surface area contributed by atoms with E-state index in [1.54, 1.807) is 0 Å². The normalized spacial score (nSPS) is 22.7. The third-order valence-corrected chi connectivity index (χ3v) is 9.22. The molecular formula is C27H36ClF3N4S. The monoisotopic (exact) mass is 540 g/mol. The lowest BCUT2D eigenvalue weighted by Crippen LogP contribution is -2.41. The van der Waals surface area contributed by atoms with E-state index in [0.29, 0.717) is 30.6 Å². The molecule has 0 saturated carbocycles. The number of benzene rings is 2. The Morgan fingerprint density at radius 1 is 1.03 bits per heavy atom. The molecule has 2 unspecified atom stereocenters. The van der Waals surface area contributed by atoms with Gasteiger partial charge in [-0.25, -0.2) is 0 Å². The Hall–Kier alpha value is -1.61. The predicted molar refractivity (Wildman–Crippen MR) is 145 cm³/mol. The highest BCUT2D eigenvalue weighted by Crippen LogP contribution is 2.47. The number of alkyl halides is 3. The number of nitrogens with two attached hydrogens (primary N) is 1. The number of rotatable bonds is 5. The summed E-state index contributed by atoms with van der Waals surface area (Å²) < 4.78 is 41.5. The molecule has 0 spiro atoms. The van der Waals surface area contributed by atoms with Crippen molar-refractivity contribution in [3.63, 3.8) is 0 Å². The molecule has 2 atom stereocenters. The zero-order valence-corrected chi connectivity index (χ0v) is 22.5. The first kappa shape index (κ1) is 27.4. The van der Waals surface area contributed by atoms with Crippen molar-refractivity contribution in [2.45, 2.75) is 67.6 Å². The number of fused-ring (bicyclic) bond motifs is 2. The van der Waals surface area contributed by atoms with Crippen molar-refractivity contribution < 1.29 is 13.2 Å². The molecule has 2 fully saturated rings. The third-order valence-electron chi connectivity index (χ3n) is 8.04. The van der Waals surface area contributed by atoms with Crippen LogP contribution in [0.5, 0.6) is 0 Å². The minimum Gasteiger partial charge on any atom is -0.382 e. The van der Waals surface area contributed by atoms with E-state index in [0.717, 1.165) is 54.4 Å². The van der Waals surface area contributed by atoms with E-state index in [4.69, 9.17) is 5.73 Å². The number of halogens is 4. The molecule has 198 valence electrons. The van der Waals surface area contributed by atoms with Crippen LogP contribution in [0.15, 0.2) is 40.1 Å². The zero-order chi connectivity index (χ0) is 24.7. The first-order chi connectivity index (χ1) is 16.7. The Balaban J connectivity index is 0.00000304. The summed E-state index contributed by atoms with van der Waals surface area (Å²) in [7, 11) is 0. The average molecular weight is 541 g/mol. The maximum Gasteiger partial charge on any atom is 0.416 e. The van der Waals surface area contributed by atoms with Gasteiger partial charge in [0.2, 0.25) is 0 Å².